The fourth-order valence-corrected chi connectivity index (χ4v) is 8.58. The van der Waals surface area contributed by atoms with Crippen molar-refractivity contribution in [3.63, 3.8) is 0 Å². The lowest BCUT2D eigenvalue weighted by Gasteiger charge is -2.16. The molecule has 210 valence electrons. The van der Waals surface area contributed by atoms with Crippen LogP contribution in [0.1, 0.15) is 59.9 Å². The Morgan fingerprint density at radius 3 is 0.625 bits per heavy atom. The van der Waals surface area contributed by atoms with Gasteiger partial charge < -0.3 is 0 Å². The zero-order valence-corrected chi connectivity index (χ0v) is 30.8. The van der Waals surface area contributed by atoms with E-state index in [1.54, 1.807) is 26.9 Å². The molecular weight excluding hydrogens is 820 g/mol. The maximum absolute atomic E-state index is 3.73. The summed E-state index contributed by atoms with van der Waals surface area (Å²) in [6, 6.07) is 13.0. The molecule has 0 aromatic heterocycles. The van der Waals surface area contributed by atoms with Crippen molar-refractivity contribution in [2.75, 3.05) is 26.7 Å². The Hall–Kier alpha value is -0.200. The van der Waals surface area contributed by atoms with E-state index in [0.717, 1.165) is 58.8 Å². The SMILES string of the molecule is BrCCCc1cc2c(CCCBr)cc3c(CCCBr)cc4c(CCCBr)cc5c(CCCBr)cc1c1c5c4c3c21. The molecule has 0 fully saturated rings. The molecule has 0 atom stereocenters. The van der Waals surface area contributed by atoms with Crippen LogP contribution < -0.4 is 0 Å². The molecule has 0 aliphatic heterocycles. The molecule has 6 rings (SSSR count). The van der Waals surface area contributed by atoms with Crippen LogP contribution in [-0.2, 0) is 32.1 Å². The van der Waals surface area contributed by atoms with Crippen molar-refractivity contribution in [2.24, 2.45) is 0 Å². The second-order valence-corrected chi connectivity index (χ2v) is 15.2. The first-order valence-electron chi connectivity index (χ1n) is 14.7. The average molecular weight is 855 g/mol. The van der Waals surface area contributed by atoms with E-state index in [1.165, 1.54) is 86.9 Å². The second-order valence-electron chi connectivity index (χ2n) is 11.3. The fourth-order valence-electron chi connectivity index (χ4n) is 7.18. The van der Waals surface area contributed by atoms with Gasteiger partial charge in [-0.15, -0.1) is 0 Å². The maximum atomic E-state index is 3.73. The summed E-state index contributed by atoms with van der Waals surface area (Å²) >= 11 is 18.6. The number of rotatable bonds is 15. The van der Waals surface area contributed by atoms with E-state index in [9.17, 15) is 0 Å². The Kier molecular flexibility index (Phi) is 9.85. The number of hydrogen-bond donors (Lipinski definition) is 0. The van der Waals surface area contributed by atoms with Crippen molar-refractivity contribution >= 4 is 134 Å². The first-order valence-corrected chi connectivity index (χ1v) is 20.3. The van der Waals surface area contributed by atoms with Gasteiger partial charge in [-0.05, 0) is 146 Å². The Morgan fingerprint density at radius 2 is 0.475 bits per heavy atom. The van der Waals surface area contributed by atoms with E-state index in [4.69, 9.17) is 0 Å². The molecule has 0 aliphatic rings. The van der Waals surface area contributed by atoms with Crippen LogP contribution in [0.4, 0.5) is 0 Å². The average Bonchev–Trinajstić information content (AvgIpc) is 3.34. The molecule has 0 radical (unpaired) electrons. The lowest BCUT2D eigenvalue weighted by Crippen LogP contribution is -1.96. The summed E-state index contributed by atoms with van der Waals surface area (Å²) in [7, 11) is 0. The largest absolute Gasteiger partial charge is 0.0928 e. The Bertz CT molecular complexity index is 1410. The summed E-state index contributed by atoms with van der Waals surface area (Å²) in [5.74, 6) is 0. The monoisotopic (exact) mass is 850 g/mol. The van der Waals surface area contributed by atoms with Gasteiger partial charge in [0.2, 0.25) is 0 Å². The summed E-state index contributed by atoms with van der Waals surface area (Å²) < 4.78 is 0. The number of hydrogen-bond acceptors (Lipinski definition) is 0. The molecule has 5 heteroatoms. The number of alkyl halides is 5. The lowest BCUT2D eigenvalue weighted by molar-refractivity contribution is 0.937. The number of aryl methyl sites for hydroxylation is 5. The van der Waals surface area contributed by atoms with Gasteiger partial charge in [0, 0.05) is 26.7 Å². The number of benzene rings is 5. The highest BCUT2D eigenvalue weighted by molar-refractivity contribution is 9.09. The van der Waals surface area contributed by atoms with Crippen molar-refractivity contribution in [1.29, 1.82) is 0 Å². The zero-order chi connectivity index (χ0) is 27.8. The second kappa shape index (κ2) is 13.2. The highest BCUT2D eigenvalue weighted by Gasteiger charge is 2.27. The van der Waals surface area contributed by atoms with Crippen LogP contribution in [0.15, 0.2) is 30.3 Å². The van der Waals surface area contributed by atoms with Crippen molar-refractivity contribution in [1.82, 2.24) is 0 Å². The van der Waals surface area contributed by atoms with Gasteiger partial charge in [0.05, 0.1) is 0 Å². The minimum absolute atomic E-state index is 1.05. The molecule has 40 heavy (non-hydrogen) atoms. The maximum Gasteiger partial charge on any atom is 0.00344 e. The third kappa shape index (κ3) is 5.14. The van der Waals surface area contributed by atoms with Gasteiger partial charge in [-0.3, -0.25) is 0 Å². The summed E-state index contributed by atoms with van der Waals surface area (Å²) in [6.45, 7) is 0. The summed E-state index contributed by atoms with van der Waals surface area (Å²) in [5.41, 5.74) is 7.67. The quantitative estimate of drug-likeness (QED) is 0.0713. The van der Waals surface area contributed by atoms with Gasteiger partial charge in [-0.2, -0.15) is 0 Å². The topological polar surface area (TPSA) is 0 Å². The van der Waals surface area contributed by atoms with Gasteiger partial charge in [0.25, 0.3) is 0 Å². The molecular formula is C35H35Br5. The molecule has 6 aromatic rings. The molecule has 0 aliphatic carbocycles. The minimum atomic E-state index is 1.05. The van der Waals surface area contributed by atoms with Crippen molar-refractivity contribution in [3.8, 4) is 0 Å². The predicted molar refractivity (Wildman–Crippen MR) is 198 cm³/mol. The lowest BCUT2D eigenvalue weighted by atomic mass is 9.88. The molecule has 0 heterocycles. The summed E-state index contributed by atoms with van der Waals surface area (Å²) in [6.07, 6.45) is 11.4. The van der Waals surface area contributed by atoms with Gasteiger partial charge >= 0.3 is 0 Å². The Labute approximate surface area is 280 Å². The van der Waals surface area contributed by atoms with E-state index >= 15 is 0 Å². The standard InChI is InChI=1S/C35H35Br5/c36-11-1-6-21-16-27-23(8-3-13-38)18-29-25(10-5-15-40)20-30-24(9-4-14-39)19-28-22(7-2-12-37)17-26(21)31-32(27)34(29)35(30)33(28)31/h16-20H,1-15H2. The van der Waals surface area contributed by atoms with Crippen LogP contribution in [0, 0.1) is 0 Å². The van der Waals surface area contributed by atoms with E-state index < -0.39 is 0 Å². The van der Waals surface area contributed by atoms with Crippen LogP contribution in [-0.4, -0.2) is 26.7 Å². The molecule has 0 bridgehead atoms. The molecule has 0 N–H and O–H groups in total. The molecule has 0 nitrogen and oxygen atoms in total. The first kappa shape index (κ1) is 29.9. The third-order valence-electron chi connectivity index (χ3n) is 8.82. The molecule has 0 saturated carbocycles. The van der Waals surface area contributed by atoms with Gasteiger partial charge in [0.15, 0.2) is 0 Å². The van der Waals surface area contributed by atoms with Crippen LogP contribution in [0.3, 0.4) is 0 Å². The predicted octanol–water partition coefficient (Wildman–Crippen LogP) is 12.4. The molecule has 0 amide bonds. The van der Waals surface area contributed by atoms with Crippen molar-refractivity contribution in [2.45, 2.75) is 64.2 Å². The number of halogens is 5. The van der Waals surface area contributed by atoms with Crippen molar-refractivity contribution < 1.29 is 0 Å². The smallest absolute Gasteiger partial charge is 0.00344 e. The van der Waals surface area contributed by atoms with Gasteiger partial charge in [-0.1, -0.05) is 110 Å². The van der Waals surface area contributed by atoms with E-state index in [0.29, 0.717) is 0 Å². The van der Waals surface area contributed by atoms with Crippen LogP contribution in [0.5, 0.6) is 0 Å². The Morgan fingerprint density at radius 1 is 0.300 bits per heavy atom. The molecule has 6 aromatic carbocycles. The minimum Gasteiger partial charge on any atom is -0.0928 e. The fraction of sp³-hybridized carbons (Fsp3) is 0.429. The van der Waals surface area contributed by atoms with Crippen LogP contribution in [0.25, 0.3) is 53.9 Å². The van der Waals surface area contributed by atoms with Crippen LogP contribution in [0.2, 0.25) is 0 Å². The normalized spacial score (nSPS) is 12.6. The highest BCUT2D eigenvalue weighted by Crippen LogP contribution is 2.52. The van der Waals surface area contributed by atoms with Crippen molar-refractivity contribution in [3.05, 3.63) is 58.1 Å². The molecule has 0 saturated heterocycles. The zero-order valence-electron chi connectivity index (χ0n) is 22.9. The molecule has 0 unspecified atom stereocenters. The van der Waals surface area contributed by atoms with Gasteiger partial charge in [-0.25, -0.2) is 0 Å². The molecule has 0 spiro atoms. The van der Waals surface area contributed by atoms with Gasteiger partial charge in [0.1, 0.15) is 0 Å². The first-order chi connectivity index (χ1) is 19.7. The highest BCUT2D eigenvalue weighted by atomic mass is 79.9. The van der Waals surface area contributed by atoms with Crippen LogP contribution >= 0.6 is 79.6 Å². The third-order valence-corrected chi connectivity index (χ3v) is 11.6. The van der Waals surface area contributed by atoms with E-state index in [2.05, 4.69) is 110 Å². The van der Waals surface area contributed by atoms with E-state index in [1.807, 2.05) is 0 Å². The Balaban J connectivity index is 1.82. The van der Waals surface area contributed by atoms with E-state index in [-0.39, 0.29) is 0 Å². The summed E-state index contributed by atoms with van der Waals surface area (Å²) in [5, 5.41) is 20.5. The summed E-state index contributed by atoms with van der Waals surface area (Å²) in [4.78, 5) is 0.